The third kappa shape index (κ3) is 0.956. The van der Waals surface area contributed by atoms with Gasteiger partial charge in [0.1, 0.15) is 0 Å². The fourth-order valence-electron chi connectivity index (χ4n) is 2.17. The fourth-order valence-corrected chi connectivity index (χ4v) is 2.17. The molecule has 2 heterocycles. The molecule has 0 radical (unpaired) electrons. The van der Waals surface area contributed by atoms with Crippen molar-refractivity contribution in [2.75, 3.05) is 26.7 Å². The number of hydrogen-bond donors (Lipinski definition) is 0. The summed E-state index contributed by atoms with van der Waals surface area (Å²) in [6.07, 6.45) is 5.06. The van der Waals surface area contributed by atoms with Gasteiger partial charge in [0.05, 0.1) is 6.17 Å². The minimum absolute atomic E-state index is 0.800. The second-order valence-electron chi connectivity index (χ2n) is 3.49. The molecule has 0 N–H and O–H groups in total. The summed E-state index contributed by atoms with van der Waals surface area (Å²) in [4.78, 5) is 5.10. The van der Waals surface area contributed by atoms with Crippen molar-refractivity contribution in [3.63, 3.8) is 0 Å². The van der Waals surface area contributed by atoms with E-state index in [9.17, 15) is 0 Å². The predicted molar refractivity (Wildman–Crippen MR) is 41.8 cm³/mol. The van der Waals surface area contributed by atoms with E-state index < -0.39 is 0 Å². The van der Waals surface area contributed by atoms with Crippen LogP contribution in [0.2, 0.25) is 0 Å². The molecule has 0 amide bonds. The lowest BCUT2D eigenvalue weighted by atomic mass is 10.1. The molecule has 10 heavy (non-hydrogen) atoms. The van der Waals surface area contributed by atoms with Crippen LogP contribution < -0.4 is 0 Å². The normalized spacial score (nSPS) is 36.3. The largest absolute Gasteiger partial charge is 0.290 e. The summed E-state index contributed by atoms with van der Waals surface area (Å²) in [5, 5.41) is 0. The van der Waals surface area contributed by atoms with Crippen molar-refractivity contribution < 1.29 is 0 Å². The molecule has 2 nitrogen and oxygen atoms in total. The number of likely N-dealkylation sites (N-methyl/N-ethyl adjacent to an activating group) is 1. The molecular weight excluding hydrogens is 124 g/mol. The molecular formula is C8H16N2. The van der Waals surface area contributed by atoms with Crippen molar-refractivity contribution in [3.8, 4) is 0 Å². The van der Waals surface area contributed by atoms with E-state index in [1.54, 1.807) is 0 Å². The van der Waals surface area contributed by atoms with Crippen LogP contribution in [-0.4, -0.2) is 42.6 Å². The van der Waals surface area contributed by atoms with Crippen LogP contribution in [0.4, 0.5) is 0 Å². The van der Waals surface area contributed by atoms with E-state index in [0.29, 0.717) is 0 Å². The molecule has 2 saturated heterocycles. The predicted octanol–water partition coefficient (Wildman–Crippen LogP) is 0.744. The Balaban J connectivity index is 2.01. The molecule has 1 unspecified atom stereocenters. The first-order chi connectivity index (χ1) is 4.88. The Morgan fingerprint density at radius 2 is 2.00 bits per heavy atom. The van der Waals surface area contributed by atoms with Gasteiger partial charge in [-0.1, -0.05) is 0 Å². The van der Waals surface area contributed by atoms with Gasteiger partial charge in [-0.3, -0.25) is 9.80 Å². The third-order valence-electron chi connectivity index (χ3n) is 2.83. The molecule has 0 aromatic carbocycles. The summed E-state index contributed by atoms with van der Waals surface area (Å²) < 4.78 is 0. The lowest BCUT2D eigenvalue weighted by Crippen LogP contribution is -2.40. The van der Waals surface area contributed by atoms with Gasteiger partial charge in [-0.2, -0.15) is 0 Å². The SMILES string of the molecule is CN1CCN2CCCCC12. The van der Waals surface area contributed by atoms with E-state index in [-0.39, 0.29) is 0 Å². The first kappa shape index (κ1) is 6.62. The molecule has 0 aliphatic carbocycles. The van der Waals surface area contributed by atoms with E-state index in [0.717, 1.165) is 6.17 Å². The van der Waals surface area contributed by atoms with E-state index in [1.165, 1.54) is 38.9 Å². The molecule has 2 aliphatic rings. The van der Waals surface area contributed by atoms with Crippen LogP contribution >= 0.6 is 0 Å². The summed E-state index contributed by atoms with van der Waals surface area (Å²) in [7, 11) is 2.25. The van der Waals surface area contributed by atoms with Gasteiger partial charge in [-0.05, 0) is 32.9 Å². The molecule has 0 spiro atoms. The van der Waals surface area contributed by atoms with Crippen LogP contribution in [0.1, 0.15) is 19.3 Å². The smallest absolute Gasteiger partial charge is 0.0620 e. The zero-order chi connectivity index (χ0) is 6.97. The van der Waals surface area contributed by atoms with Gasteiger partial charge >= 0.3 is 0 Å². The Hall–Kier alpha value is -0.0800. The van der Waals surface area contributed by atoms with Crippen molar-refractivity contribution in [3.05, 3.63) is 0 Å². The van der Waals surface area contributed by atoms with Crippen LogP contribution in [0.15, 0.2) is 0 Å². The van der Waals surface area contributed by atoms with Crippen LogP contribution in [0, 0.1) is 0 Å². The molecule has 0 aromatic heterocycles. The quantitative estimate of drug-likeness (QED) is 0.490. The maximum Gasteiger partial charge on any atom is 0.0620 e. The number of fused-ring (bicyclic) bond motifs is 1. The molecule has 2 fully saturated rings. The van der Waals surface area contributed by atoms with Crippen molar-refractivity contribution in [2.45, 2.75) is 25.4 Å². The Morgan fingerprint density at radius 1 is 1.10 bits per heavy atom. The van der Waals surface area contributed by atoms with Crippen LogP contribution in [-0.2, 0) is 0 Å². The minimum atomic E-state index is 0.800. The molecule has 0 bridgehead atoms. The summed E-state index contributed by atoms with van der Waals surface area (Å²) in [5.41, 5.74) is 0. The molecule has 2 aliphatic heterocycles. The average molecular weight is 140 g/mol. The molecule has 2 rings (SSSR count). The second-order valence-corrected chi connectivity index (χ2v) is 3.49. The van der Waals surface area contributed by atoms with Gasteiger partial charge in [0.2, 0.25) is 0 Å². The molecule has 1 atom stereocenters. The first-order valence-electron chi connectivity index (χ1n) is 4.32. The van der Waals surface area contributed by atoms with E-state index in [4.69, 9.17) is 0 Å². The van der Waals surface area contributed by atoms with Gasteiger partial charge in [-0.15, -0.1) is 0 Å². The number of nitrogens with zero attached hydrogens (tertiary/aromatic N) is 2. The first-order valence-corrected chi connectivity index (χ1v) is 4.32. The molecule has 0 saturated carbocycles. The highest BCUT2D eigenvalue weighted by Crippen LogP contribution is 2.22. The third-order valence-corrected chi connectivity index (χ3v) is 2.83. The highest BCUT2D eigenvalue weighted by atomic mass is 15.4. The van der Waals surface area contributed by atoms with Gasteiger partial charge in [0, 0.05) is 13.1 Å². The van der Waals surface area contributed by atoms with Gasteiger partial charge < -0.3 is 0 Å². The maximum atomic E-state index is 2.61. The number of piperidine rings is 1. The Bertz CT molecular complexity index is 122. The van der Waals surface area contributed by atoms with Crippen LogP contribution in [0.25, 0.3) is 0 Å². The van der Waals surface area contributed by atoms with Gasteiger partial charge in [0.15, 0.2) is 0 Å². The minimum Gasteiger partial charge on any atom is -0.290 e. The van der Waals surface area contributed by atoms with Crippen molar-refractivity contribution in [1.82, 2.24) is 9.80 Å². The number of hydrogen-bond acceptors (Lipinski definition) is 2. The van der Waals surface area contributed by atoms with E-state index >= 15 is 0 Å². The summed E-state index contributed by atoms with van der Waals surface area (Å²) >= 11 is 0. The highest BCUT2D eigenvalue weighted by molar-refractivity contribution is 4.82. The standard InChI is InChI=1S/C8H16N2/c1-9-6-7-10-5-3-2-4-8(9)10/h8H,2-7H2,1H3. The molecule has 0 aromatic rings. The lowest BCUT2D eigenvalue weighted by Gasteiger charge is -2.31. The molecule has 2 heteroatoms. The monoisotopic (exact) mass is 140 g/mol. The average Bonchev–Trinajstić information content (AvgIpc) is 2.34. The summed E-state index contributed by atoms with van der Waals surface area (Å²) in [6.45, 7) is 3.93. The van der Waals surface area contributed by atoms with Gasteiger partial charge in [-0.25, -0.2) is 0 Å². The summed E-state index contributed by atoms with van der Waals surface area (Å²) in [5.74, 6) is 0. The fraction of sp³-hybridized carbons (Fsp3) is 1.00. The van der Waals surface area contributed by atoms with Crippen LogP contribution in [0.5, 0.6) is 0 Å². The Labute approximate surface area is 62.8 Å². The van der Waals surface area contributed by atoms with Crippen molar-refractivity contribution in [1.29, 1.82) is 0 Å². The van der Waals surface area contributed by atoms with E-state index in [2.05, 4.69) is 16.8 Å². The Morgan fingerprint density at radius 3 is 2.80 bits per heavy atom. The van der Waals surface area contributed by atoms with E-state index in [1.807, 2.05) is 0 Å². The van der Waals surface area contributed by atoms with Crippen LogP contribution in [0.3, 0.4) is 0 Å². The summed E-state index contributed by atoms with van der Waals surface area (Å²) in [6, 6.07) is 0. The maximum absolute atomic E-state index is 2.61. The zero-order valence-corrected chi connectivity index (χ0v) is 6.71. The Kier molecular flexibility index (Phi) is 1.66. The lowest BCUT2D eigenvalue weighted by molar-refractivity contribution is 0.116. The number of rotatable bonds is 0. The van der Waals surface area contributed by atoms with Crippen molar-refractivity contribution >= 4 is 0 Å². The zero-order valence-electron chi connectivity index (χ0n) is 6.71. The second kappa shape index (κ2) is 2.51. The molecule has 58 valence electrons. The van der Waals surface area contributed by atoms with Gasteiger partial charge in [0.25, 0.3) is 0 Å². The topological polar surface area (TPSA) is 6.48 Å². The highest BCUT2D eigenvalue weighted by Gasteiger charge is 2.30. The van der Waals surface area contributed by atoms with Crippen molar-refractivity contribution in [2.24, 2.45) is 0 Å².